The van der Waals surface area contributed by atoms with E-state index < -0.39 is 5.60 Å². The molecule has 0 aliphatic rings. The molecule has 0 saturated heterocycles. The van der Waals surface area contributed by atoms with Crippen LogP contribution >= 0.6 is 15.9 Å². The maximum atomic E-state index is 9.90. The smallest absolute Gasteiger partial charge is 0.146 e. The van der Waals surface area contributed by atoms with Crippen LogP contribution in [0.2, 0.25) is 0 Å². The van der Waals surface area contributed by atoms with E-state index >= 15 is 0 Å². The molecule has 0 radical (unpaired) electrons. The summed E-state index contributed by atoms with van der Waals surface area (Å²) in [6, 6.07) is 5.80. The quantitative estimate of drug-likeness (QED) is 0.849. The minimum Gasteiger partial charge on any atom is -0.382 e. The summed E-state index contributed by atoms with van der Waals surface area (Å²) in [5, 5.41) is 9.90. The van der Waals surface area contributed by atoms with E-state index in [9.17, 15) is 5.11 Å². The van der Waals surface area contributed by atoms with Crippen molar-refractivity contribution in [3.8, 4) is 0 Å². The molecule has 0 spiro atoms. The van der Waals surface area contributed by atoms with E-state index in [2.05, 4.69) is 20.9 Å². The second-order valence-corrected chi connectivity index (χ2v) is 4.49. The topological polar surface area (TPSA) is 37.5 Å². The number of imidazole rings is 1. The third kappa shape index (κ3) is 1.44. The zero-order valence-electron chi connectivity index (χ0n) is 8.03. The summed E-state index contributed by atoms with van der Waals surface area (Å²) >= 11 is 3.37. The van der Waals surface area contributed by atoms with Crippen LogP contribution < -0.4 is 0 Å². The molecule has 2 heterocycles. The first kappa shape index (κ1) is 9.68. The number of rotatable bonds is 1. The van der Waals surface area contributed by atoms with Crippen molar-refractivity contribution < 1.29 is 5.11 Å². The van der Waals surface area contributed by atoms with Gasteiger partial charge in [0.1, 0.15) is 16.0 Å². The van der Waals surface area contributed by atoms with Gasteiger partial charge in [0.15, 0.2) is 0 Å². The van der Waals surface area contributed by atoms with E-state index in [0.717, 1.165) is 10.1 Å². The predicted octanol–water partition coefficient (Wildman–Crippen LogP) is 2.32. The molecule has 0 fully saturated rings. The number of hydrogen-bond donors (Lipinski definition) is 1. The van der Waals surface area contributed by atoms with Crippen LogP contribution in [0.5, 0.6) is 0 Å². The first-order valence-corrected chi connectivity index (χ1v) is 5.15. The van der Waals surface area contributed by atoms with E-state index in [1.54, 1.807) is 13.8 Å². The summed E-state index contributed by atoms with van der Waals surface area (Å²) in [7, 11) is 0. The van der Waals surface area contributed by atoms with Crippen molar-refractivity contribution in [2.45, 2.75) is 19.4 Å². The van der Waals surface area contributed by atoms with Crippen molar-refractivity contribution in [2.75, 3.05) is 0 Å². The fourth-order valence-electron chi connectivity index (χ4n) is 1.43. The molecule has 74 valence electrons. The van der Waals surface area contributed by atoms with Crippen molar-refractivity contribution in [1.29, 1.82) is 0 Å². The monoisotopic (exact) mass is 254 g/mol. The van der Waals surface area contributed by atoms with Crippen molar-refractivity contribution >= 4 is 21.4 Å². The van der Waals surface area contributed by atoms with Gasteiger partial charge in [0.25, 0.3) is 0 Å². The Morgan fingerprint density at radius 2 is 2.14 bits per heavy atom. The molecule has 0 aromatic carbocycles. The van der Waals surface area contributed by atoms with Crippen molar-refractivity contribution in [1.82, 2.24) is 9.38 Å². The van der Waals surface area contributed by atoms with Gasteiger partial charge in [-0.25, -0.2) is 4.98 Å². The Morgan fingerprint density at radius 1 is 1.43 bits per heavy atom. The van der Waals surface area contributed by atoms with Crippen LogP contribution in [-0.2, 0) is 5.60 Å². The maximum absolute atomic E-state index is 9.90. The Bertz CT molecular complexity index is 470. The van der Waals surface area contributed by atoms with Gasteiger partial charge in [-0.3, -0.25) is 0 Å². The molecule has 0 aliphatic heterocycles. The molecule has 0 amide bonds. The zero-order chi connectivity index (χ0) is 10.3. The van der Waals surface area contributed by atoms with Crippen LogP contribution in [0.25, 0.3) is 5.52 Å². The lowest BCUT2D eigenvalue weighted by molar-refractivity contribution is 0.0681. The number of pyridine rings is 1. The van der Waals surface area contributed by atoms with Crippen molar-refractivity contribution in [3.63, 3.8) is 0 Å². The minimum absolute atomic E-state index is 0.639. The van der Waals surface area contributed by atoms with E-state index in [1.807, 2.05) is 28.8 Å². The summed E-state index contributed by atoms with van der Waals surface area (Å²) in [5.41, 5.74) is 0.0284. The average molecular weight is 255 g/mol. The molecule has 2 aromatic heterocycles. The summed E-state index contributed by atoms with van der Waals surface area (Å²) in [6.07, 6.45) is 1.89. The highest BCUT2D eigenvalue weighted by Crippen LogP contribution is 2.25. The average Bonchev–Trinajstić information content (AvgIpc) is 2.44. The van der Waals surface area contributed by atoms with Crippen LogP contribution in [-0.4, -0.2) is 14.5 Å². The molecule has 0 bridgehead atoms. The van der Waals surface area contributed by atoms with Gasteiger partial charge in [-0.15, -0.1) is 0 Å². The number of aliphatic hydroxyl groups is 1. The van der Waals surface area contributed by atoms with E-state index in [1.165, 1.54) is 0 Å². The summed E-state index contributed by atoms with van der Waals surface area (Å²) < 4.78 is 2.64. The van der Waals surface area contributed by atoms with Gasteiger partial charge in [0.05, 0.1) is 5.52 Å². The molecular weight excluding hydrogens is 244 g/mol. The largest absolute Gasteiger partial charge is 0.382 e. The third-order valence-electron chi connectivity index (χ3n) is 2.05. The van der Waals surface area contributed by atoms with Crippen LogP contribution in [0.15, 0.2) is 29.0 Å². The first-order valence-electron chi connectivity index (χ1n) is 4.35. The number of halogens is 1. The first-order chi connectivity index (χ1) is 6.50. The molecule has 4 heteroatoms. The fraction of sp³-hybridized carbons (Fsp3) is 0.300. The second kappa shape index (κ2) is 3.07. The second-order valence-electron chi connectivity index (χ2n) is 3.74. The Balaban J connectivity index is 2.80. The Labute approximate surface area is 90.5 Å². The molecule has 2 rings (SSSR count). The lowest BCUT2D eigenvalue weighted by Crippen LogP contribution is -2.19. The maximum Gasteiger partial charge on any atom is 0.146 e. The molecule has 0 saturated carbocycles. The molecule has 2 aromatic rings. The Hall–Kier alpha value is -0.870. The summed E-state index contributed by atoms with van der Waals surface area (Å²) in [5.74, 6) is 0.639. The lowest BCUT2D eigenvalue weighted by atomic mass is 10.1. The van der Waals surface area contributed by atoms with Gasteiger partial charge >= 0.3 is 0 Å². The molecule has 0 atom stereocenters. The zero-order valence-corrected chi connectivity index (χ0v) is 9.62. The molecule has 1 N–H and O–H groups in total. The molecule has 0 aliphatic carbocycles. The van der Waals surface area contributed by atoms with Crippen LogP contribution in [0.3, 0.4) is 0 Å². The van der Waals surface area contributed by atoms with Gasteiger partial charge in [-0.2, -0.15) is 0 Å². The van der Waals surface area contributed by atoms with Gasteiger partial charge < -0.3 is 9.51 Å². The van der Waals surface area contributed by atoms with E-state index in [-0.39, 0.29) is 0 Å². The fourth-order valence-corrected chi connectivity index (χ4v) is 1.92. The number of nitrogens with zero attached hydrogens (tertiary/aromatic N) is 2. The third-order valence-corrected chi connectivity index (χ3v) is 2.63. The normalized spacial score (nSPS) is 12.3. The van der Waals surface area contributed by atoms with Gasteiger partial charge in [0.2, 0.25) is 0 Å². The summed E-state index contributed by atoms with van der Waals surface area (Å²) in [4.78, 5) is 4.29. The lowest BCUT2D eigenvalue weighted by Gasteiger charge is -2.15. The van der Waals surface area contributed by atoms with Crippen LogP contribution in [0.4, 0.5) is 0 Å². The number of fused-ring (bicyclic) bond motifs is 1. The van der Waals surface area contributed by atoms with E-state index in [4.69, 9.17) is 0 Å². The minimum atomic E-state index is -0.934. The van der Waals surface area contributed by atoms with Crippen LogP contribution in [0.1, 0.15) is 19.7 Å². The number of aromatic nitrogens is 2. The summed E-state index contributed by atoms with van der Waals surface area (Å²) in [6.45, 7) is 3.45. The standard InChI is InChI=1S/C10H11BrN2O/c1-10(2,14)9-12-8(11)7-5-3-4-6-13(7)9/h3-6,14H,1-2H3. The van der Waals surface area contributed by atoms with Crippen molar-refractivity contribution in [2.24, 2.45) is 0 Å². The van der Waals surface area contributed by atoms with Gasteiger partial charge in [-0.05, 0) is 41.9 Å². The highest BCUT2D eigenvalue weighted by molar-refractivity contribution is 9.10. The number of hydrogen-bond acceptors (Lipinski definition) is 2. The molecule has 0 unspecified atom stereocenters. The Kier molecular flexibility index (Phi) is 2.12. The predicted molar refractivity (Wildman–Crippen MR) is 58.1 cm³/mol. The van der Waals surface area contributed by atoms with E-state index in [0.29, 0.717) is 5.82 Å². The molecular formula is C10H11BrN2O. The van der Waals surface area contributed by atoms with Gasteiger partial charge in [-0.1, -0.05) is 6.07 Å². The van der Waals surface area contributed by atoms with Gasteiger partial charge in [0, 0.05) is 6.20 Å². The van der Waals surface area contributed by atoms with Crippen molar-refractivity contribution in [3.05, 3.63) is 34.8 Å². The van der Waals surface area contributed by atoms with Crippen LogP contribution in [0, 0.1) is 0 Å². The Morgan fingerprint density at radius 3 is 2.79 bits per heavy atom. The highest BCUT2D eigenvalue weighted by Gasteiger charge is 2.23. The SMILES string of the molecule is CC(C)(O)c1nc(Br)c2ccccn12. The molecule has 3 nitrogen and oxygen atoms in total. The highest BCUT2D eigenvalue weighted by atomic mass is 79.9. The molecule has 14 heavy (non-hydrogen) atoms.